The highest BCUT2D eigenvalue weighted by atomic mass is 79.9. The topological polar surface area (TPSA) is 49.3 Å². The number of hydrogen-bond donors (Lipinski definition) is 2. The molecule has 3 nitrogen and oxygen atoms in total. The van der Waals surface area contributed by atoms with E-state index in [0.717, 1.165) is 11.3 Å². The van der Waals surface area contributed by atoms with E-state index in [1.165, 1.54) is 12.1 Å². The molecule has 18 heavy (non-hydrogen) atoms. The Bertz CT molecular complexity index is 569. The molecule has 1 amide bonds. The van der Waals surface area contributed by atoms with E-state index in [9.17, 15) is 9.90 Å². The van der Waals surface area contributed by atoms with E-state index in [4.69, 9.17) is 0 Å². The van der Waals surface area contributed by atoms with Crippen molar-refractivity contribution in [2.45, 2.75) is 5.33 Å². The van der Waals surface area contributed by atoms with Crippen molar-refractivity contribution in [3.63, 3.8) is 0 Å². The van der Waals surface area contributed by atoms with Gasteiger partial charge in [-0.05, 0) is 29.8 Å². The maximum atomic E-state index is 12.0. The van der Waals surface area contributed by atoms with Gasteiger partial charge in [-0.2, -0.15) is 0 Å². The van der Waals surface area contributed by atoms with Gasteiger partial charge in [0.25, 0.3) is 5.91 Å². The second kappa shape index (κ2) is 5.69. The minimum Gasteiger partial charge on any atom is -0.508 e. The molecular formula is C14H12BrNO2. The number of benzene rings is 2. The van der Waals surface area contributed by atoms with Gasteiger partial charge >= 0.3 is 0 Å². The average molecular weight is 306 g/mol. The van der Waals surface area contributed by atoms with Crippen molar-refractivity contribution >= 4 is 27.5 Å². The molecule has 0 saturated heterocycles. The van der Waals surface area contributed by atoms with Gasteiger partial charge < -0.3 is 10.4 Å². The van der Waals surface area contributed by atoms with Gasteiger partial charge in [0.05, 0.1) is 0 Å². The van der Waals surface area contributed by atoms with Crippen LogP contribution in [-0.4, -0.2) is 11.0 Å². The second-order valence-electron chi connectivity index (χ2n) is 3.80. The minimum atomic E-state index is -0.237. The lowest BCUT2D eigenvalue weighted by molar-refractivity contribution is 0.102. The molecule has 0 atom stereocenters. The standard InChI is InChI=1S/C14H12BrNO2/c15-9-11-4-1-2-7-13(11)16-14(18)10-5-3-6-12(17)8-10/h1-8,17H,9H2,(H,16,18). The maximum absolute atomic E-state index is 12.0. The summed E-state index contributed by atoms with van der Waals surface area (Å²) in [6.45, 7) is 0. The fraction of sp³-hybridized carbons (Fsp3) is 0.0714. The molecule has 0 aliphatic heterocycles. The molecule has 0 aliphatic rings. The summed E-state index contributed by atoms with van der Waals surface area (Å²) in [4.78, 5) is 12.0. The highest BCUT2D eigenvalue weighted by Crippen LogP contribution is 2.19. The molecule has 0 saturated carbocycles. The molecule has 2 aromatic carbocycles. The number of aromatic hydroxyl groups is 1. The zero-order valence-corrected chi connectivity index (χ0v) is 11.1. The van der Waals surface area contributed by atoms with Crippen LogP contribution in [0.2, 0.25) is 0 Å². The van der Waals surface area contributed by atoms with E-state index in [1.54, 1.807) is 12.1 Å². The van der Waals surface area contributed by atoms with E-state index in [0.29, 0.717) is 10.9 Å². The lowest BCUT2D eigenvalue weighted by Crippen LogP contribution is -2.12. The highest BCUT2D eigenvalue weighted by Gasteiger charge is 2.08. The third-order valence-corrected chi connectivity index (χ3v) is 3.12. The van der Waals surface area contributed by atoms with Gasteiger partial charge in [-0.25, -0.2) is 0 Å². The number of para-hydroxylation sites is 1. The van der Waals surface area contributed by atoms with Crippen LogP contribution < -0.4 is 5.32 Å². The minimum absolute atomic E-state index is 0.0800. The third-order valence-electron chi connectivity index (χ3n) is 2.52. The van der Waals surface area contributed by atoms with Crippen LogP contribution >= 0.6 is 15.9 Å². The Morgan fingerprint density at radius 1 is 1.17 bits per heavy atom. The number of phenols is 1. The molecule has 4 heteroatoms. The van der Waals surface area contributed by atoms with Gasteiger partial charge in [-0.15, -0.1) is 0 Å². The Morgan fingerprint density at radius 2 is 1.94 bits per heavy atom. The van der Waals surface area contributed by atoms with Gasteiger partial charge in [0, 0.05) is 16.6 Å². The highest BCUT2D eigenvalue weighted by molar-refractivity contribution is 9.08. The predicted octanol–water partition coefficient (Wildman–Crippen LogP) is 3.54. The summed E-state index contributed by atoms with van der Waals surface area (Å²) in [6.07, 6.45) is 0. The maximum Gasteiger partial charge on any atom is 0.255 e. The van der Waals surface area contributed by atoms with Gasteiger partial charge in [0.2, 0.25) is 0 Å². The van der Waals surface area contributed by atoms with E-state index in [-0.39, 0.29) is 11.7 Å². The number of nitrogens with one attached hydrogen (secondary N) is 1. The van der Waals surface area contributed by atoms with Crippen molar-refractivity contribution in [2.24, 2.45) is 0 Å². The molecule has 2 N–H and O–H groups in total. The summed E-state index contributed by atoms with van der Waals surface area (Å²) in [5, 5.41) is 12.8. The first-order valence-corrected chi connectivity index (χ1v) is 6.57. The third kappa shape index (κ3) is 2.90. The summed E-state index contributed by atoms with van der Waals surface area (Å²) in [7, 11) is 0. The van der Waals surface area contributed by atoms with Gasteiger partial charge in [-0.3, -0.25) is 4.79 Å². The van der Waals surface area contributed by atoms with Crippen LogP contribution in [0.5, 0.6) is 5.75 Å². The quantitative estimate of drug-likeness (QED) is 0.852. The Labute approximate surface area is 114 Å². The molecule has 0 fully saturated rings. The van der Waals surface area contributed by atoms with Crippen LogP contribution in [-0.2, 0) is 5.33 Å². The van der Waals surface area contributed by atoms with E-state index in [2.05, 4.69) is 21.2 Å². The van der Waals surface area contributed by atoms with Gasteiger partial charge in [-0.1, -0.05) is 40.2 Å². The monoisotopic (exact) mass is 305 g/mol. The van der Waals surface area contributed by atoms with E-state index < -0.39 is 0 Å². The molecule has 0 heterocycles. The largest absolute Gasteiger partial charge is 0.508 e. The number of hydrogen-bond acceptors (Lipinski definition) is 2. The molecule has 2 aromatic rings. The number of anilines is 1. The van der Waals surface area contributed by atoms with Crippen LogP contribution in [0, 0.1) is 0 Å². The fourth-order valence-electron chi connectivity index (χ4n) is 1.60. The van der Waals surface area contributed by atoms with Crippen molar-refractivity contribution < 1.29 is 9.90 Å². The van der Waals surface area contributed by atoms with Gasteiger partial charge in [0.1, 0.15) is 5.75 Å². The SMILES string of the molecule is O=C(Nc1ccccc1CBr)c1cccc(O)c1. The fourth-order valence-corrected chi connectivity index (χ4v) is 2.09. The molecule has 0 aromatic heterocycles. The van der Waals surface area contributed by atoms with Crippen molar-refractivity contribution in [1.29, 1.82) is 0 Å². The zero-order chi connectivity index (χ0) is 13.0. The Balaban J connectivity index is 2.21. The van der Waals surface area contributed by atoms with Crippen molar-refractivity contribution in [3.05, 3.63) is 59.7 Å². The summed E-state index contributed by atoms with van der Waals surface area (Å²) < 4.78 is 0. The second-order valence-corrected chi connectivity index (χ2v) is 4.36. The Morgan fingerprint density at radius 3 is 2.67 bits per heavy atom. The molecule has 0 unspecified atom stereocenters. The molecule has 0 bridgehead atoms. The number of amides is 1. The average Bonchev–Trinajstić information content (AvgIpc) is 2.39. The first-order valence-electron chi connectivity index (χ1n) is 5.45. The lowest BCUT2D eigenvalue weighted by Gasteiger charge is -2.09. The van der Waals surface area contributed by atoms with Crippen LogP contribution in [0.15, 0.2) is 48.5 Å². The summed E-state index contributed by atoms with van der Waals surface area (Å²) in [6, 6.07) is 13.8. The summed E-state index contributed by atoms with van der Waals surface area (Å²) in [5.74, 6) is -0.157. The molecule has 0 radical (unpaired) electrons. The number of alkyl halides is 1. The van der Waals surface area contributed by atoms with Crippen molar-refractivity contribution in [3.8, 4) is 5.75 Å². The number of carbonyl (C=O) groups excluding carboxylic acids is 1. The molecular weight excluding hydrogens is 294 g/mol. The smallest absolute Gasteiger partial charge is 0.255 e. The van der Waals surface area contributed by atoms with Crippen molar-refractivity contribution in [2.75, 3.05) is 5.32 Å². The number of rotatable bonds is 3. The van der Waals surface area contributed by atoms with Crippen LogP contribution in [0.1, 0.15) is 15.9 Å². The Kier molecular flexibility index (Phi) is 3.99. The normalized spacial score (nSPS) is 10.1. The van der Waals surface area contributed by atoms with Gasteiger partial charge in [0.15, 0.2) is 0 Å². The molecule has 2 rings (SSSR count). The van der Waals surface area contributed by atoms with E-state index >= 15 is 0 Å². The lowest BCUT2D eigenvalue weighted by atomic mass is 10.1. The van der Waals surface area contributed by atoms with Crippen LogP contribution in [0.25, 0.3) is 0 Å². The van der Waals surface area contributed by atoms with Crippen molar-refractivity contribution in [1.82, 2.24) is 0 Å². The van der Waals surface area contributed by atoms with E-state index in [1.807, 2.05) is 24.3 Å². The summed E-state index contributed by atoms with van der Waals surface area (Å²) >= 11 is 3.37. The van der Waals surface area contributed by atoms with Crippen LogP contribution in [0.4, 0.5) is 5.69 Å². The number of carbonyl (C=O) groups is 1. The Hall–Kier alpha value is -1.81. The number of phenolic OH excluding ortho intramolecular Hbond substituents is 1. The van der Waals surface area contributed by atoms with Crippen LogP contribution in [0.3, 0.4) is 0 Å². The molecule has 0 spiro atoms. The number of halogens is 1. The first kappa shape index (κ1) is 12.6. The molecule has 92 valence electrons. The summed E-state index contributed by atoms with van der Waals surface area (Å²) in [5.41, 5.74) is 2.20. The molecule has 0 aliphatic carbocycles. The first-order chi connectivity index (χ1) is 8.70. The zero-order valence-electron chi connectivity index (χ0n) is 9.56. The predicted molar refractivity (Wildman–Crippen MR) is 75.1 cm³/mol.